The Labute approximate surface area is 146 Å². The number of hydrogen-bond acceptors (Lipinski definition) is 4. The van der Waals surface area contributed by atoms with Crippen LogP contribution in [-0.2, 0) is 10.0 Å². The highest BCUT2D eigenvalue weighted by Gasteiger charge is 2.17. The first-order chi connectivity index (χ1) is 10.8. The molecule has 0 fully saturated rings. The molecule has 0 aliphatic carbocycles. The number of nitrogens with one attached hydrogen (secondary N) is 2. The van der Waals surface area contributed by atoms with E-state index in [9.17, 15) is 8.42 Å². The molecule has 2 aromatic rings. The molecule has 23 heavy (non-hydrogen) atoms. The summed E-state index contributed by atoms with van der Waals surface area (Å²) in [5.74, 6) is 0. The number of anilines is 1. The molecule has 1 atom stereocenters. The first-order valence-corrected chi connectivity index (χ1v) is 9.67. The summed E-state index contributed by atoms with van der Waals surface area (Å²) >= 11 is 6.95. The smallest absolute Gasteiger partial charge is 0.242 e. The van der Waals surface area contributed by atoms with Gasteiger partial charge in [-0.1, -0.05) is 12.1 Å². The summed E-state index contributed by atoms with van der Waals surface area (Å²) in [5.41, 5.74) is 0.629. The number of rotatable bonds is 5. The molecule has 0 aliphatic rings. The van der Waals surface area contributed by atoms with E-state index in [-0.39, 0.29) is 10.9 Å². The van der Waals surface area contributed by atoms with Crippen molar-refractivity contribution in [1.82, 2.24) is 9.62 Å². The molecular formula is C15H19N3O2S3. The highest BCUT2D eigenvalue weighted by atomic mass is 32.2. The molecule has 1 aromatic heterocycles. The van der Waals surface area contributed by atoms with E-state index in [1.807, 2.05) is 24.4 Å². The lowest BCUT2D eigenvalue weighted by Gasteiger charge is -2.17. The van der Waals surface area contributed by atoms with Gasteiger partial charge in [-0.2, -0.15) is 0 Å². The quantitative estimate of drug-likeness (QED) is 0.793. The van der Waals surface area contributed by atoms with Gasteiger partial charge in [0.15, 0.2) is 5.11 Å². The molecule has 0 radical (unpaired) electrons. The molecule has 0 unspecified atom stereocenters. The van der Waals surface area contributed by atoms with Crippen LogP contribution in [0.15, 0.2) is 46.7 Å². The number of thiocarbonyl (C=S) groups is 1. The van der Waals surface area contributed by atoms with E-state index in [0.29, 0.717) is 10.8 Å². The summed E-state index contributed by atoms with van der Waals surface area (Å²) in [6, 6.07) is 10.7. The third kappa shape index (κ3) is 4.51. The van der Waals surface area contributed by atoms with Crippen molar-refractivity contribution in [1.29, 1.82) is 0 Å². The summed E-state index contributed by atoms with van der Waals surface area (Å²) in [4.78, 5) is 1.40. The van der Waals surface area contributed by atoms with E-state index >= 15 is 0 Å². The van der Waals surface area contributed by atoms with Gasteiger partial charge in [0.25, 0.3) is 0 Å². The van der Waals surface area contributed by atoms with Crippen molar-refractivity contribution in [3.63, 3.8) is 0 Å². The maximum Gasteiger partial charge on any atom is 0.242 e. The fourth-order valence-electron chi connectivity index (χ4n) is 1.92. The van der Waals surface area contributed by atoms with Crippen molar-refractivity contribution in [3.05, 3.63) is 46.7 Å². The maximum atomic E-state index is 12.2. The molecule has 8 heteroatoms. The molecule has 1 aromatic carbocycles. The minimum absolute atomic E-state index is 0.0868. The van der Waals surface area contributed by atoms with Crippen molar-refractivity contribution in [3.8, 4) is 0 Å². The Morgan fingerprint density at radius 2 is 2.00 bits per heavy atom. The molecule has 2 N–H and O–H groups in total. The van der Waals surface area contributed by atoms with Gasteiger partial charge in [0.2, 0.25) is 10.0 Å². The van der Waals surface area contributed by atoms with E-state index < -0.39 is 10.0 Å². The summed E-state index contributed by atoms with van der Waals surface area (Å²) in [5, 5.41) is 8.67. The second-order valence-electron chi connectivity index (χ2n) is 5.15. The van der Waals surface area contributed by atoms with Gasteiger partial charge in [-0.3, -0.25) is 0 Å². The number of hydrogen-bond donors (Lipinski definition) is 2. The monoisotopic (exact) mass is 369 g/mol. The fraction of sp³-hybridized carbons (Fsp3) is 0.267. The number of sulfonamides is 1. The Hall–Kier alpha value is -1.48. The van der Waals surface area contributed by atoms with Gasteiger partial charge >= 0.3 is 0 Å². The molecule has 0 amide bonds. The lowest BCUT2D eigenvalue weighted by Crippen LogP contribution is -2.30. The predicted molar refractivity (Wildman–Crippen MR) is 99.4 cm³/mol. The number of thiophene rings is 1. The van der Waals surface area contributed by atoms with Crippen LogP contribution in [0.1, 0.15) is 17.8 Å². The van der Waals surface area contributed by atoms with E-state index in [2.05, 4.69) is 10.6 Å². The third-order valence-electron chi connectivity index (χ3n) is 3.19. The number of nitrogens with zero attached hydrogens (tertiary/aromatic N) is 1. The average Bonchev–Trinajstić information content (AvgIpc) is 3.01. The van der Waals surface area contributed by atoms with Crippen molar-refractivity contribution in [2.24, 2.45) is 0 Å². The minimum atomic E-state index is -3.46. The van der Waals surface area contributed by atoms with Crippen LogP contribution < -0.4 is 10.6 Å². The summed E-state index contributed by atoms with van der Waals surface area (Å²) in [7, 11) is -0.454. The minimum Gasteiger partial charge on any atom is -0.355 e. The normalized spacial score (nSPS) is 12.9. The van der Waals surface area contributed by atoms with Gasteiger partial charge in [-0.25, -0.2) is 12.7 Å². The second-order valence-corrected chi connectivity index (χ2v) is 8.69. The van der Waals surface area contributed by atoms with Crippen molar-refractivity contribution in [2.75, 3.05) is 19.4 Å². The molecule has 0 aliphatic heterocycles. The van der Waals surface area contributed by atoms with E-state index in [1.54, 1.807) is 35.6 Å². The lowest BCUT2D eigenvalue weighted by molar-refractivity contribution is 0.521. The van der Waals surface area contributed by atoms with Gasteiger partial charge < -0.3 is 10.6 Å². The Morgan fingerprint density at radius 3 is 2.61 bits per heavy atom. The van der Waals surface area contributed by atoms with Crippen molar-refractivity contribution >= 4 is 44.4 Å². The average molecular weight is 370 g/mol. The SMILES string of the molecule is C[C@@H](NC(=S)Nc1cccc(S(=O)(=O)N(C)C)c1)c1cccs1. The summed E-state index contributed by atoms with van der Waals surface area (Å²) in [6.45, 7) is 2.02. The van der Waals surface area contributed by atoms with Crippen LogP contribution in [0.5, 0.6) is 0 Å². The standard InChI is InChI=1S/C15H19N3O2S3/c1-11(14-8-5-9-22-14)16-15(21)17-12-6-4-7-13(10-12)23(19,20)18(2)3/h4-11H,1-3H3,(H2,16,17,21)/t11-/m1/s1. The van der Waals surface area contributed by atoms with Crippen molar-refractivity contribution < 1.29 is 8.42 Å². The van der Waals surface area contributed by atoms with E-state index in [4.69, 9.17) is 12.2 Å². The summed E-state index contributed by atoms with van der Waals surface area (Å²) in [6.07, 6.45) is 0. The zero-order valence-corrected chi connectivity index (χ0v) is 15.6. The highest BCUT2D eigenvalue weighted by molar-refractivity contribution is 7.89. The summed E-state index contributed by atoms with van der Waals surface area (Å²) < 4.78 is 25.5. The van der Waals surface area contributed by atoms with Gasteiger partial charge in [-0.05, 0) is 48.8 Å². The van der Waals surface area contributed by atoms with Crippen LogP contribution in [0, 0.1) is 0 Å². The van der Waals surface area contributed by atoms with Crippen LogP contribution in [0.2, 0.25) is 0 Å². The molecule has 0 saturated heterocycles. The molecule has 0 spiro atoms. The van der Waals surface area contributed by atoms with Gasteiger partial charge in [0.05, 0.1) is 10.9 Å². The predicted octanol–water partition coefficient (Wildman–Crippen LogP) is 3.05. The maximum absolute atomic E-state index is 12.2. The fourth-order valence-corrected chi connectivity index (χ4v) is 3.89. The van der Waals surface area contributed by atoms with Crippen LogP contribution in [0.4, 0.5) is 5.69 Å². The molecule has 5 nitrogen and oxygen atoms in total. The van der Waals surface area contributed by atoms with Crippen molar-refractivity contribution in [2.45, 2.75) is 17.9 Å². The molecule has 1 heterocycles. The Kier molecular flexibility index (Phi) is 5.74. The van der Waals surface area contributed by atoms with Gasteiger partial charge in [0, 0.05) is 24.7 Å². The molecular weight excluding hydrogens is 350 g/mol. The topological polar surface area (TPSA) is 61.4 Å². The molecule has 2 rings (SSSR count). The molecule has 124 valence electrons. The van der Waals surface area contributed by atoms with E-state index in [1.165, 1.54) is 23.3 Å². The van der Waals surface area contributed by atoms with Crippen LogP contribution in [0.3, 0.4) is 0 Å². The Bertz CT molecular complexity index is 771. The van der Waals surface area contributed by atoms with Gasteiger partial charge in [-0.15, -0.1) is 11.3 Å². The van der Waals surface area contributed by atoms with Crippen LogP contribution >= 0.6 is 23.6 Å². The first-order valence-electron chi connectivity index (χ1n) is 6.94. The Morgan fingerprint density at radius 1 is 1.26 bits per heavy atom. The second kappa shape index (κ2) is 7.39. The van der Waals surface area contributed by atoms with Crippen LogP contribution in [0.25, 0.3) is 0 Å². The van der Waals surface area contributed by atoms with E-state index in [0.717, 1.165) is 0 Å². The highest BCUT2D eigenvalue weighted by Crippen LogP contribution is 2.20. The zero-order chi connectivity index (χ0) is 17.0. The zero-order valence-electron chi connectivity index (χ0n) is 13.1. The third-order valence-corrected chi connectivity index (χ3v) is 6.27. The molecule has 0 bridgehead atoms. The van der Waals surface area contributed by atoms with Gasteiger partial charge in [0.1, 0.15) is 0 Å². The largest absolute Gasteiger partial charge is 0.355 e. The molecule has 0 saturated carbocycles. The lowest BCUT2D eigenvalue weighted by atomic mass is 10.3. The first kappa shape index (κ1) is 17.9. The van der Waals surface area contributed by atoms with Crippen LogP contribution in [-0.4, -0.2) is 31.9 Å². The Balaban J connectivity index is 2.07. The number of benzene rings is 1.